The van der Waals surface area contributed by atoms with Crippen molar-refractivity contribution >= 4 is 0 Å². The molecule has 84 valence electrons. The van der Waals surface area contributed by atoms with Crippen molar-refractivity contribution < 1.29 is 0 Å². The van der Waals surface area contributed by atoms with Crippen LogP contribution in [0.25, 0.3) is 0 Å². The first-order chi connectivity index (χ1) is 6.72. The summed E-state index contributed by atoms with van der Waals surface area (Å²) in [5, 5.41) is 0. The third-order valence-electron chi connectivity index (χ3n) is 3.91. The summed E-state index contributed by atoms with van der Waals surface area (Å²) in [6.45, 7) is 10.3. The molecule has 0 spiro atoms. The lowest BCUT2D eigenvalue weighted by molar-refractivity contribution is 0.0868. The molecule has 0 radical (unpaired) electrons. The van der Waals surface area contributed by atoms with Gasteiger partial charge in [-0.1, -0.05) is 20.8 Å². The summed E-state index contributed by atoms with van der Waals surface area (Å²) in [5.41, 5.74) is 5.81. The van der Waals surface area contributed by atoms with Gasteiger partial charge in [0.25, 0.3) is 0 Å². The number of likely N-dealkylation sites (tertiary alicyclic amines) is 1. The minimum absolute atomic E-state index is 0.726. The Morgan fingerprint density at radius 1 is 1.36 bits per heavy atom. The van der Waals surface area contributed by atoms with Gasteiger partial charge in [0.2, 0.25) is 0 Å². The van der Waals surface area contributed by atoms with Crippen molar-refractivity contribution in [1.82, 2.24) is 4.90 Å². The standard InChI is InChI=1S/C12H26N2/c1-4-12(5-2)14-7-6-10(3)11(8-13)9-14/h10-12H,4-9,13H2,1-3H3. The van der Waals surface area contributed by atoms with Gasteiger partial charge < -0.3 is 10.6 Å². The lowest BCUT2D eigenvalue weighted by atomic mass is 9.86. The Balaban J connectivity index is 2.48. The van der Waals surface area contributed by atoms with Crippen LogP contribution in [-0.2, 0) is 0 Å². The maximum atomic E-state index is 5.81. The Kier molecular flexibility index (Phi) is 4.90. The molecule has 14 heavy (non-hydrogen) atoms. The molecule has 1 aliphatic heterocycles. The highest BCUT2D eigenvalue weighted by Crippen LogP contribution is 2.25. The molecule has 0 aromatic rings. The molecule has 0 aromatic carbocycles. The highest BCUT2D eigenvalue weighted by Gasteiger charge is 2.27. The van der Waals surface area contributed by atoms with E-state index >= 15 is 0 Å². The molecule has 2 N–H and O–H groups in total. The lowest BCUT2D eigenvalue weighted by Gasteiger charge is -2.40. The zero-order valence-corrected chi connectivity index (χ0v) is 10.00. The molecule has 0 aliphatic carbocycles. The number of nitrogens with zero attached hydrogens (tertiary/aromatic N) is 1. The Morgan fingerprint density at radius 2 is 2.00 bits per heavy atom. The zero-order valence-electron chi connectivity index (χ0n) is 10.00. The van der Waals surface area contributed by atoms with Crippen molar-refractivity contribution in [2.45, 2.75) is 46.1 Å². The van der Waals surface area contributed by atoms with Crippen LogP contribution in [0.3, 0.4) is 0 Å². The van der Waals surface area contributed by atoms with E-state index in [4.69, 9.17) is 5.73 Å². The molecule has 0 aromatic heterocycles. The third kappa shape index (κ3) is 2.71. The summed E-state index contributed by atoms with van der Waals surface area (Å²) < 4.78 is 0. The molecule has 2 unspecified atom stereocenters. The van der Waals surface area contributed by atoms with Gasteiger partial charge in [-0.3, -0.25) is 0 Å². The van der Waals surface area contributed by atoms with Crippen LogP contribution in [-0.4, -0.2) is 30.6 Å². The molecule has 2 nitrogen and oxygen atoms in total. The number of hydrogen-bond acceptors (Lipinski definition) is 2. The van der Waals surface area contributed by atoms with E-state index in [9.17, 15) is 0 Å². The number of rotatable bonds is 4. The van der Waals surface area contributed by atoms with Gasteiger partial charge in [0.15, 0.2) is 0 Å². The van der Waals surface area contributed by atoms with Crippen LogP contribution in [0.15, 0.2) is 0 Å². The van der Waals surface area contributed by atoms with Crippen molar-refractivity contribution in [3.63, 3.8) is 0 Å². The lowest BCUT2D eigenvalue weighted by Crippen LogP contribution is -2.47. The normalized spacial score (nSPS) is 29.8. The van der Waals surface area contributed by atoms with Crippen molar-refractivity contribution in [3.8, 4) is 0 Å². The van der Waals surface area contributed by atoms with Crippen LogP contribution in [0.2, 0.25) is 0 Å². The molecule has 0 bridgehead atoms. The fourth-order valence-electron chi connectivity index (χ4n) is 2.62. The number of hydrogen-bond donors (Lipinski definition) is 1. The van der Waals surface area contributed by atoms with Crippen molar-refractivity contribution in [2.24, 2.45) is 17.6 Å². The van der Waals surface area contributed by atoms with E-state index < -0.39 is 0 Å². The maximum absolute atomic E-state index is 5.81. The zero-order chi connectivity index (χ0) is 10.6. The third-order valence-corrected chi connectivity index (χ3v) is 3.91. The fourth-order valence-corrected chi connectivity index (χ4v) is 2.62. The van der Waals surface area contributed by atoms with E-state index in [2.05, 4.69) is 25.7 Å². The summed E-state index contributed by atoms with van der Waals surface area (Å²) in [6, 6.07) is 0.788. The van der Waals surface area contributed by atoms with Gasteiger partial charge in [-0.15, -0.1) is 0 Å². The molecule has 1 rings (SSSR count). The minimum Gasteiger partial charge on any atom is -0.330 e. The van der Waals surface area contributed by atoms with E-state index in [1.807, 2.05) is 0 Å². The minimum atomic E-state index is 0.726. The topological polar surface area (TPSA) is 29.3 Å². The maximum Gasteiger partial charge on any atom is 0.00901 e. The summed E-state index contributed by atoms with van der Waals surface area (Å²) in [5.74, 6) is 1.55. The summed E-state index contributed by atoms with van der Waals surface area (Å²) in [6.07, 6.45) is 3.89. The van der Waals surface area contributed by atoms with E-state index in [1.165, 1.54) is 32.4 Å². The first-order valence-electron chi connectivity index (χ1n) is 6.17. The molecule has 1 fully saturated rings. The SMILES string of the molecule is CCC(CC)N1CCC(C)C(CN)C1. The second-order valence-corrected chi connectivity index (χ2v) is 4.73. The number of piperidine rings is 1. The highest BCUT2D eigenvalue weighted by molar-refractivity contribution is 4.82. The number of nitrogens with two attached hydrogens (primary N) is 1. The first kappa shape index (κ1) is 12.0. The molecule has 1 heterocycles. The van der Waals surface area contributed by atoms with E-state index in [0.29, 0.717) is 0 Å². The van der Waals surface area contributed by atoms with Crippen molar-refractivity contribution in [2.75, 3.05) is 19.6 Å². The molecule has 0 amide bonds. The van der Waals surface area contributed by atoms with Crippen LogP contribution >= 0.6 is 0 Å². The second kappa shape index (κ2) is 5.72. The van der Waals surface area contributed by atoms with Gasteiger partial charge in [0.05, 0.1) is 0 Å². The Labute approximate surface area is 88.8 Å². The van der Waals surface area contributed by atoms with Crippen LogP contribution in [0.5, 0.6) is 0 Å². The Bertz CT molecular complexity index is 152. The van der Waals surface area contributed by atoms with Crippen molar-refractivity contribution in [1.29, 1.82) is 0 Å². The van der Waals surface area contributed by atoms with Gasteiger partial charge in [0, 0.05) is 12.6 Å². The second-order valence-electron chi connectivity index (χ2n) is 4.73. The molecule has 1 saturated heterocycles. The van der Waals surface area contributed by atoms with E-state index in [0.717, 1.165) is 24.4 Å². The monoisotopic (exact) mass is 198 g/mol. The van der Waals surface area contributed by atoms with Crippen molar-refractivity contribution in [3.05, 3.63) is 0 Å². The summed E-state index contributed by atoms with van der Waals surface area (Å²) >= 11 is 0. The Hall–Kier alpha value is -0.0800. The molecule has 2 atom stereocenters. The van der Waals surface area contributed by atoms with E-state index in [-0.39, 0.29) is 0 Å². The summed E-state index contributed by atoms with van der Waals surface area (Å²) in [4.78, 5) is 2.65. The first-order valence-corrected chi connectivity index (χ1v) is 6.17. The molecule has 1 aliphatic rings. The molecular formula is C12H26N2. The summed E-state index contributed by atoms with van der Waals surface area (Å²) in [7, 11) is 0. The van der Waals surface area contributed by atoms with Gasteiger partial charge in [-0.2, -0.15) is 0 Å². The fraction of sp³-hybridized carbons (Fsp3) is 1.00. The largest absolute Gasteiger partial charge is 0.330 e. The molecular weight excluding hydrogens is 172 g/mol. The average Bonchev–Trinajstić information content (AvgIpc) is 2.22. The van der Waals surface area contributed by atoms with E-state index in [1.54, 1.807) is 0 Å². The van der Waals surface area contributed by atoms with Gasteiger partial charge in [0.1, 0.15) is 0 Å². The van der Waals surface area contributed by atoms with Gasteiger partial charge >= 0.3 is 0 Å². The predicted molar refractivity (Wildman–Crippen MR) is 62.3 cm³/mol. The van der Waals surface area contributed by atoms with Gasteiger partial charge in [-0.25, -0.2) is 0 Å². The van der Waals surface area contributed by atoms with Crippen LogP contribution in [0, 0.1) is 11.8 Å². The molecule has 2 heteroatoms. The van der Waals surface area contributed by atoms with Crippen LogP contribution in [0.4, 0.5) is 0 Å². The smallest absolute Gasteiger partial charge is 0.00901 e. The quantitative estimate of drug-likeness (QED) is 0.749. The van der Waals surface area contributed by atoms with Gasteiger partial charge in [-0.05, 0) is 44.2 Å². The Morgan fingerprint density at radius 3 is 2.50 bits per heavy atom. The average molecular weight is 198 g/mol. The van der Waals surface area contributed by atoms with Crippen LogP contribution < -0.4 is 5.73 Å². The predicted octanol–water partition coefficient (Wildman–Crippen LogP) is 2.09. The molecule has 0 saturated carbocycles. The van der Waals surface area contributed by atoms with Crippen LogP contribution in [0.1, 0.15) is 40.0 Å². The highest BCUT2D eigenvalue weighted by atomic mass is 15.2.